The lowest BCUT2D eigenvalue weighted by molar-refractivity contribution is 0.00618. The van der Waals surface area contributed by atoms with Crippen LogP contribution in [-0.2, 0) is 4.74 Å². The van der Waals surface area contributed by atoms with Gasteiger partial charge in [0, 0.05) is 30.1 Å². The van der Waals surface area contributed by atoms with Crippen LogP contribution in [0.2, 0.25) is 0 Å². The molecule has 1 heterocycles. The van der Waals surface area contributed by atoms with Gasteiger partial charge in [-0.3, -0.25) is 0 Å². The maximum absolute atomic E-state index is 5.93. The Labute approximate surface area is 136 Å². The summed E-state index contributed by atoms with van der Waals surface area (Å²) in [7, 11) is 0. The number of rotatable bonds is 0. The van der Waals surface area contributed by atoms with Crippen molar-refractivity contribution in [3.63, 3.8) is 0 Å². The molecule has 6 atom stereocenters. The molecule has 3 aliphatic rings. The van der Waals surface area contributed by atoms with Crippen molar-refractivity contribution in [2.24, 2.45) is 10.8 Å². The fraction of sp³-hybridized carbons (Fsp3) is 1.00. The van der Waals surface area contributed by atoms with Gasteiger partial charge in [0.15, 0.2) is 0 Å². The van der Waals surface area contributed by atoms with E-state index in [1.54, 1.807) is 0 Å². The summed E-state index contributed by atoms with van der Waals surface area (Å²) in [4.78, 5) is 2.35. The molecular formula is C12H16Br4O. The zero-order valence-corrected chi connectivity index (χ0v) is 15.8. The van der Waals surface area contributed by atoms with E-state index in [0.29, 0.717) is 30.1 Å². The molecule has 3 rings (SSSR count). The van der Waals surface area contributed by atoms with Gasteiger partial charge < -0.3 is 4.74 Å². The summed E-state index contributed by atoms with van der Waals surface area (Å²) >= 11 is 15.4. The van der Waals surface area contributed by atoms with Crippen molar-refractivity contribution in [3.05, 3.63) is 0 Å². The minimum atomic E-state index is 0.393. The monoisotopic (exact) mass is 492 g/mol. The zero-order valence-electron chi connectivity index (χ0n) is 9.47. The van der Waals surface area contributed by atoms with Crippen molar-refractivity contribution in [1.82, 2.24) is 0 Å². The van der Waals surface area contributed by atoms with Crippen LogP contribution >= 0.6 is 63.7 Å². The Morgan fingerprint density at radius 2 is 0.941 bits per heavy atom. The molecule has 3 fully saturated rings. The summed E-state index contributed by atoms with van der Waals surface area (Å²) < 4.78 is 5.93. The van der Waals surface area contributed by atoms with Gasteiger partial charge in [-0.15, -0.1) is 0 Å². The van der Waals surface area contributed by atoms with E-state index in [4.69, 9.17) is 4.74 Å². The normalized spacial score (nSPS) is 58.6. The zero-order chi connectivity index (χ0) is 12.3. The Balaban J connectivity index is 1.96. The maximum Gasteiger partial charge on any atom is 0.0529 e. The predicted octanol–water partition coefficient (Wildman–Crippen LogP) is 4.63. The van der Waals surface area contributed by atoms with Crippen molar-refractivity contribution >= 4 is 63.7 Å². The lowest BCUT2D eigenvalue weighted by Crippen LogP contribution is -2.56. The molecule has 3 unspecified atom stereocenters. The first-order valence-electron chi connectivity index (χ1n) is 6.12. The Kier molecular flexibility index (Phi) is 3.84. The molecule has 1 nitrogen and oxygen atoms in total. The van der Waals surface area contributed by atoms with Crippen LogP contribution in [0.3, 0.4) is 0 Å². The Morgan fingerprint density at radius 3 is 1.24 bits per heavy atom. The van der Waals surface area contributed by atoms with Crippen LogP contribution < -0.4 is 0 Å². The highest BCUT2D eigenvalue weighted by atomic mass is 79.9. The first-order valence-corrected chi connectivity index (χ1v) is 9.78. The van der Waals surface area contributed by atoms with Gasteiger partial charge in [-0.05, 0) is 25.7 Å². The average molecular weight is 496 g/mol. The average Bonchev–Trinajstić information content (AvgIpc) is 2.57. The van der Waals surface area contributed by atoms with Crippen LogP contribution in [0.1, 0.15) is 25.7 Å². The van der Waals surface area contributed by atoms with Gasteiger partial charge >= 0.3 is 0 Å². The molecule has 0 aromatic rings. The molecule has 0 radical (unpaired) electrons. The number of ether oxygens (including phenoxy) is 1. The number of halogens is 4. The van der Waals surface area contributed by atoms with Crippen LogP contribution in [0.15, 0.2) is 0 Å². The summed E-state index contributed by atoms with van der Waals surface area (Å²) in [5.74, 6) is 0. The Bertz CT molecular complexity index is 272. The second kappa shape index (κ2) is 4.71. The molecule has 2 saturated carbocycles. The van der Waals surface area contributed by atoms with Gasteiger partial charge in [-0.2, -0.15) is 0 Å². The van der Waals surface area contributed by atoms with E-state index in [0.717, 1.165) is 13.2 Å². The summed E-state index contributed by atoms with van der Waals surface area (Å²) in [6, 6.07) is 0. The van der Waals surface area contributed by atoms with Gasteiger partial charge in [-0.25, -0.2) is 0 Å². The third-order valence-corrected chi connectivity index (χ3v) is 10.3. The fourth-order valence-corrected chi connectivity index (χ4v) is 7.25. The van der Waals surface area contributed by atoms with E-state index in [9.17, 15) is 0 Å². The molecule has 1 saturated heterocycles. The van der Waals surface area contributed by atoms with Gasteiger partial charge in [0.25, 0.3) is 0 Å². The quantitative estimate of drug-likeness (QED) is 0.445. The third-order valence-electron chi connectivity index (χ3n) is 5.01. The second-order valence-corrected chi connectivity index (χ2v) is 10.6. The maximum atomic E-state index is 5.93. The highest BCUT2D eigenvalue weighted by Crippen LogP contribution is 2.65. The summed E-state index contributed by atoms with van der Waals surface area (Å²) in [6.07, 6.45) is 4.96. The van der Waals surface area contributed by atoms with Crippen LogP contribution in [0.4, 0.5) is 0 Å². The molecule has 2 aliphatic carbocycles. The number of hydrogen-bond acceptors (Lipinski definition) is 1. The summed E-state index contributed by atoms with van der Waals surface area (Å²) in [6.45, 7) is 1.91. The minimum Gasteiger partial charge on any atom is -0.380 e. The van der Waals surface area contributed by atoms with Gasteiger partial charge in [0.2, 0.25) is 0 Å². The molecule has 5 heteroatoms. The first-order chi connectivity index (χ1) is 7.98. The van der Waals surface area contributed by atoms with Crippen molar-refractivity contribution in [1.29, 1.82) is 0 Å². The SMILES string of the molecule is BrC1CC23COCC2(C[C@H]1Br)C[C@H](Br)[C@H](Br)C3. The van der Waals surface area contributed by atoms with Crippen molar-refractivity contribution < 1.29 is 4.74 Å². The van der Waals surface area contributed by atoms with E-state index in [-0.39, 0.29) is 0 Å². The highest BCUT2D eigenvalue weighted by molar-refractivity contribution is 9.12. The lowest BCUT2D eigenvalue weighted by atomic mass is 9.52. The van der Waals surface area contributed by atoms with Crippen LogP contribution in [0.5, 0.6) is 0 Å². The number of alkyl halides is 4. The standard InChI is InChI=1S/C12H16Br4O/c13-7-1-11-2-9(15)10(16)4-12(11,3-8(7)14)6-17-5-11/h7-10H,1-6H2/t7-,8+,9+,10?,11?,12?/m0/s1. The fourth-order valence-electron chi connectivity index (χ4n) is 4.02. The van der Waals surface area contributed by atoms with Gasteiger partial charge in [-0.1, -0.05) is 63.7 Å². The molecule has 98 valence electrons. The van der Waals surface area contributed by atoms with Gasteiger partial charge in [0.1, 0.15) is 0 Å². The highest BCUT2D eigenvalue weighted by Gasteiger charge is 2.63. The molecule has 17 heavy (non-hydrogen) atoms. The van der Waals surface area contributed by atoms with Crippen LogP contribution in [-0.4, -0.2) is 32.5 Å². The van der Waals surface area contributed by atoms with E-state index in [1.165, 1.54) is 25.7 Å². The largest absolute Gasteiger partial charge is 0.380 e. The molecule has 0 N–H and O–H groups in total. The van der Waals surface area contributed by atoms with Crippen molar-refractivity contribution in [3.8, 4) is 0 Å². The van der Waals surface area contributed by atoms with Crippen LogP contribution in [0, 0.1) is 10.8 Å². The Hall–Kier alpha value is 1.88. The van der Waals surface area contributed by atoms with Crippen molar-refractivity contribution in [2.75, 3.05) is 13.2 Å². The lowest BCUT2D eigenvalue weighted by Gasteiger charge is -2.56. The van der Waals surface area contributed by atoms with E-state index < -0.39 is 0 Å². The topological polar surface area (TPSA) is 9.23 Å². The summed E-state index contributed by atoms with van der Waals surface area (Å²) in [5, 5.41) is 0. The summed E-state index contributed by atoms with van der Waals surface area (Å²) in [5.41, 5.74) is 0.785. The number of hydrogen-bond donors (Lipinski definition) is 0. The second-order valence-electron chi connectivity index (χ2n) is 5.93. The van der Waals surface area contributed by atoms with E-state index in [2.05, 4.69) is 63.7 Å². The minimum absolute atomic E-state index is 0.393. The first kappa shape index (κ1) is 13.8. The van der Waals surface area contributed by atoms with Crippen LogP contribution in [0.25, 0.3) is 0 Å². The molecule has 0 amide bonds. The molecular weight excluding hydrogens is 480 g/mol. The molecule has 1 aliphatic heterocycles. The Morgan fingerprint density at radius 1 is 0.647 bits per heavy atom. The van der Waals surface area contributed by atoms with Crippen molar-refractivity contribution in [2.45, 2.75) is 45.0 Å². The van der Waals surface area contributed by atoms with Gasteiger partial charge in [0.05, 0.1) is 13.2 Å². The van der Waals surface area contributed by atoms with E-state index >= 15 is 0 Å². The van der Waals surface area contributed by atoms with E-state index in [1.807, 2.05) is 0 Å². The smallest absolute Gasteiger partial charge is 0.0529 e. The molecule has 0 aromatic heterocycles. The molecule has 0 aromatic carbocycles. The molecule has 0 bridgehead atoms. The predicted molar refractivity (Wildman–Crippen MR) is 85.0 cm³/mol. The molecule has 0 spiro atoms. The third kappa shape index (κ3) is 2.05.